The molecule has 7 heteroatoms. The lowest BCUT2D eigenvalue weighted by Gasteiger charge is -2.11. The highest BCUT2D eigenvalue weighted by molar-refractivity contribution is 7.15. The minimum absolute atomic E-state index is 0. The van der Waals surface area contributed by atoms with Gasteiger partial charge in [0.2, 0.25) is 0 Å². The Bertz CT molecular complexity index is 563. The minimum atomic E-state index is 0. The van der Waals surface area contributed by atoms with Gasteiger partial charge in [0.1, 0.15) is 0 Å². The van der Waals surface area contributed by atoms with Gasteiger partial charge in [0.05, 0.1) is 13.7 Å². The summed E-state index contributed by atoms with van der Waals surface area (Å²) in [4.78, 5) is 5.15. The van der Waals surface area contributed by atoms with Crippen LogP contribution in [-0.4, -0.2) is 18.7 Å². The first-order valence-corrected chi connectivity index (χ1v) is 7.25. The highest BCUT2D eigenvalue weighted by Crippen LogP contribution is 2.28. The number of methoxy groups -OCH3 is 1. The molecule has 0 spiro atoms. The summed E-state index contributed by atoms with van der Waals surface area (Å²) in [6.07, 6.45) is 1.80. The predicted molar refractivity (Wildman–Crippen MR) is 88.5 cm³/mol. The van der Waals surface area contributed by atoms with Gasteiger partial charge in [-0.2, -0.15) is 0 Å². The molecule has 0 amide bonds. The van der Waals surface area contributed by atoms with Crippen molar-refractivity contribution in [3.05, 3.63) is 34.8 Å². The Labute approximate surface area is 134 Å². The number of nitrogens with two attached hydrogens (primary N) is 1. The molecule has 0 atom stereocenters. The van der Waals surface area contributed by atoms with Gasteiger partial charge in [-0.15, -0.1) is 23.7 Å². The monoisotopic (exact) mass is 329 g/mol. The van der Waals surface area contributed by atoms with E-state index in [9.17, 15) is 0 Å². The van der Waals surface area contributed by atoms with Crippen molar-refractivity contribution in [3.63, 3.8) is 0 Å². The summed E-state index contributed by atoms with van der Waals surface area (Å²) in [5.74, 6) is 1.53. The fourth-order valence-electron chi connectivity index (χ4n) is 1.83. The number of halogens is 1. The Kier molecular flexibility index (Phi) is 7.28. The van der Waals surface area contributed by atoms with Crippen molar-refractivity contribution < 1.29 is 9.47 Å². The largest absolute Gasteiger partial charge is 0.493 e. The van der Waals surface area contributed by atoms with E-state index in [2.05, 4.69) is 10.3 Å². The van der Waals surface area contributed by atoms with E-state index in [1.807, 2.05) is 25.1 Å². The molecule has 1 aromatic heterocycles. The Morgan fingerprint density at radius 3 is 2.71 bits per heavy atom. The summed E-state index contributed by atoms with van der Waals surface area (Å²) in [7, 11) is 1.65. The summed E-state index contributed by atoms with van der Waals surface area (Å²) >= 11 is 1.50. The fraction of sp³-hybridized carbons (Fsp3) is 0.357. The van der Waals surface area contributed by atoms with Crippen molar-refractivity contribution in [1.29, 1.82) is 0 Å². The third kappa shape index (κ3) is 5.08. The van der Waals surface area contributed by atoms with Crippen LogP contribution in [0.25, 0.3) is 0 Å². The lowest BCUT2D eigenvalue weighted by Crippen LogP contribution is -2.11. The molecule has 21 heavy (non-hydrogen) atoms. The highest BCUT2D eigenvalue weighted by Gasteiger charge is 2.05. The van der Waals surface area contributed by atoms with Gasteiger partial charge in [0, 0.05) is 24.2 Å². The second-order valence-corrected chi connectivity index (χ2v) is 5.33. The van der Waals surface area contributed by atoms with E-state index in [4.69, 9.17) is 15.2 Å². The smallest absolute Gasteiger partial charge is 0.180 e. The maximum atomic E-state index is 5.59. The highest BCUT2D eigenvalue weighted by atomic mass is 35.5. The standard InChI is InChI=1S/C14H19N3O2S.ClH/c1-3-19-12-5-4-10(6-13(12)18-2)7-16-8-11-9-17-14(15)20-11;/h4-6,9,16H,3,7-8H2,1-2H3,(H2,15,17);1H. The van der Waals surface area contributed by atoms with Crippen LogP contribution in [0, 0.1) is 0 Å². The normalized spacial score (nSPS) is 10.0. The maximum Gasteiger partial charge on any atom is 0.180 e. The predicted octanol–water partition coefficient (Wildman–Crippen LogP) is 2.84. The second-order valence-electron chi connectivity index (χ2n) is 4.19. The number of anilines is 1. The van der Waals surface area contributed by atoms with Gasteiger partial charge < -0.3 is 20.5 Å². The van der Waals surface area contributed by atoms with E-state index in [-0.39, 0.29) is 12.4 Å². The van der Waals surface area contributed by atoms with Gasteiger partial charge in [-0.25, -0.2) is 4.98 Å². The lowest BCUT2D eigenvalue weighted by atomic mass is 10.2. The summed E-state index contributed by atoms with van der Waals surface area (Å²) in [6.45, 7) is 4.08. The average Bonchev–Trinajstić information content (AvgIpc) is 2.86. The molecule has 0 radical (unpaired) electrons. The Morgan fingerprint density at radius 1 is 1.29 bits per heavy atom. The van der Waals surface area contributed by atoms with Crippen LogP contribution in [0.2, 0.25) is 0 Å². The fourth-order valence-corrected chi connectivity index (χ4v) is 2.48. The van der Waals surface area contributed by atoms with Crippen LogP contribution >= 0.6 is 23.7 Å². The van der Waals surface area contributed by atoms with Gasteiger partial charge >= 0.3 is 0 Å². The number of hydrogen-bond acceptors (Lipinski definition) is 6. The Hall–Kier alpha value is -1.50. The van der Waals surface area contributed by atoms with Gasteiger partial charge in [0.25, 0.3) is 0 Å². The molecule has 0 unspecified atom stereocenters. The molecular weight excluding hydrogens is 310 g/mol. The first kappa shape index (κ1) is 17.6. The molecule has 2 rings (SSSR count). The molecule has 0 bridgehead atoms. The zero-order valence-corrected chi connectivity index (χ0v) is 13.7. The molecule has 2 aromatic rings. The summed E-state index contributed by atoms with van der Waals surface area (Å²) in [5, 5.41) is 3.95. The molecule has 0 aliphatic heterocycles. The first-order valence-electron chi connectivity index (χ1n) is 6.43. The Balaban J connectivity index is 0.00000220. The topological polar surface area (TPSA) is 69.4 Å². The van der Waals surface area contributed by atoms with E-state index in [0.717, 1.165) is 35.0 Å². The number of nitrogens with zero attached hydrogens (tertiary/aromatic N) is 1. The zero-order chi connectivity index (χ0) is 14.4. The Morgan fingerprint density at radius 2 is 2.10 bits per heavy atom. The van der Waals surface area contributed by atoms with E-state index < -0.39 is 0 Å². The summed E-state index contributed by atoms with van der Waals surface area (Å²) in [6, 6.07) is 5.95. The van der Waals surface area contributed by atoms with Crippen molar-refractivity contribution >= 4 is 28.9 Å². The van der Waals surface area contributed by atoms with Crippen LogP contribution in [0.15, 0.2) is 24.4 Å². The summed E-state index contributed by atoms with van der Waals surface area (Å²) < 4.78 is 10.8. The zero-order valence-electron chi connectivity index (χ0n) is 12.1. The number of benzene rings is 1. The molecule has 1 aromatic carbocycles. The van der Waals surface area contributed by atoms with Gasteiger partial charge in [-0.1, -0.05) is 6.07 Å². The van der Waals surface area contributed by atoms with E-state index in [1.54, 1.807) is 13.3 Å². The van der Waals surface area contributed by atoms with E-state index in [1.165, 1.54) is 11.3 Å². The number of aromatic nitrogens is 1. The quantitative estimate of drug-likeness (QED) is 0.817. The van der Waals surface area contributed by atoms with E-state index in [0.29, 0.717) is 11.7 Å². The number of thiazole rings is 1. The number of ether oxygens (including phenoxy) is 2. The van der Waals surface area contributed by atoms with Crippen LogP contribution in [0.3, 0.4) is 0 Å². The number of nitrogens with one attached hydrogen (secondary N) is 1. The molecule has 0 aliphatic rings. The van der Waals surface area contributed by atoms with Crippen LogP contribution in [-0.2, 0) is 13.1 Å². The van der Waals surface area contributed by atoms with Crippen molar-refractivity contribution in [1.82, 2.24) is 10.3 Å². The SMILES string of the molecule is CCOc1ccc(CNCc2cnc(N)s2)cc1OC.Cl. The van der Waals surface area contributed by atoms with Crippen LogP contribution in [0.5, 0.6) is 11.5 Å². The minimum Gasteiger partial charge on any atom is -0.493 e. The molecule has 5 nitrogen and oxygen atoms in total. The van der Waals surface area contributed by atoms with Crippen LogP contribution in [0.1, 0.15) is 17.4 Å². The molecule has 0 saturated carbocycles. The van der Waals surface area contributed by atoms with Gasteiger partial charge in [-0.05, 0) is 24.6 Å². The number of hydrogen-bond donors (Lipinski definition) is 2. The second kappa shape index (κ2) is 8.71. The first-order chi connectivity index (χ1) is 9.72. The molecule has 0 aliphatic carbocycles. The van der Waals surface area contributed by atoms with Crippen LogP contribution in [0.4, 0.5) is 5.13 Å². The molecule has 0 fully saturated rings. The van der Waals surface area contributed by atoms with Crippen molar-refractivity contribution in [2.24, 2.45) is 0 Å². The number of nitrogen functional groups attached to an aromatic ring is 1. The molecule has 0 saturated heterocycles. The molecular formula is C14H20ClN3O2S. The summed E-state index contributed by atoms with van der Waals surface area (Å²) in [5.41, 5.74) is 6.74. The lowest BCUT2D eigenvalue weighted by molar-refractivity contribution is 0.310. The van der Waals surface area contributed by atoms with Gasteiger partial charge in [-0.3, -0.25) is 0 Å². The average molecular weight is 330 g/mol. The van der Waals surface area contributed by atoms with E-state index >= 15 is 0 Å². The van der Waals surface area contributed by atoms with Gasteiger partial charge in [0.15, 0.2) is 16.6 Å². The van der Waals surface area contributed by atoms with Crippen molar-refractivity contribution in [3.8, 4) is 11.5 Å². The molecule has 1 heterocycles. The number of rotatable bonds is 7. The molecule has 116 valence electrons. The third-order valence-corrected chi connectivity index (χ3v) is 3.55. The van der Waals surface area contributed by atoms with Crippen molar-refractivity contribution in [2.45, 2.75) is 20.0 Å². The maximum absolute atomic E-state index is 5.59. The third-order valence-electron chi connectivity index (χ3n) is 2.73. The van der Waals surface area contributed by atoms with Crippen molar-refractivity contribution in [2.75, 3.05) is 19.5 Å². The molecule has 3 N–H and O–H groups in total. The van der Waals surface area contributed by atoms with Crippen LogP contribution < -0.4 is 20.5 Å².